The zero-order valence-electron chi connectivity index (χ0n) is 15.9. The molecule has 3 N–H and O–H groups in total. The van der Waals surface area contributed by atoms with Crippen LogP contribution < -0.4 is 10.6 Å². The van der Waals surface area contributed by atoms with Crippen molar-refractivity contribution in [1.82, 2.24) is 20.4 Å². The van der Waals surface area contributed by atoms with E-state index in [2.05, 4.69) is 15.5 Å². The van der Waals surface area contributed by atoms with Crippen LogP contribution in [-0.4, -0.2) is 71.7 Å². The number of carbonyl (C=O) groups is 2. The highest BCUT2D eigenvalue weighted by atomic mass is 16.4. The molecule has 2 aliphatic rings. The minimum atomic E-state index is -0.808. The fraction of sp³-hybridized carbons (Fsp3) is 0.684. The minimum Gasteiger partial charge on any atom is -0.480 e. The summed E-state index contributed by atoms with van der Waals surface area (Å²) in [6, 6.07) is 4.07. The average molecular weight is 378 g/mol. The van der Waals surface area contributed by atoms with Crippen molar-refractivity contribution in [3.05, 3.63) is 24.2 Å². The van der Waals surface area contributed by atoms with Gasteiger partial charge in [-0.05, 0) is 57.5 Å². The van der Waals surface area contributed by atoms with Gasteiger partial charge < -0.3 is 20.2 Å². The Bertz CT molecular complexity index is 609. The molecule has 1 aliphatic heterocycles. The summed E-state index contributed by atoms with van der Waals surface area (Å²) in [5, 5.41) is 14.9. The third-order valence-corrected chi connectivity index (χ3v) is 5.62. The van der Waals surface area contributed by atoms with E-state index >= 15 is 0 Å². The first-order valence-electron chi connectivity index (χ1n) is 9.84. The molecule has 0 bridgehead atoms. The summed E-state index contributed by atoms with van der Waals surface area (Å²) in [6.45, 7) is 5.28. The van der Waals surface area contributed by atoms with E-state index in [1.165, 1.54) is 12.8 Å². The average Bonchev–Trinajstić information content (AvgIpc) is 3.30. The summed E-state index contributed by atoms with van der Waals surface area (Å²) in [7, 11) is 0. The van der Waals surface area contributed by atoms with E-state index in [1.54, 1.807) is 6.26 Å². The van der Waals surface area contributed by atoms with E-state index in [0.717, 1.165) is 31.7 Å². The Kier molecular flexibility index (Phi) is 6.73. The highest BCUT2D eigenvalue weighted by Crippen LogP contribution is 2.26. The molecule has 3 rings (SSSR count). The first kappa shape index (κ1) is 19.7. The van der Waals surface area contributed by atoms with Crippen LogP contribution in [0.4, 0.5) is 4.79 Å². The number of carbonyl (C=O) groups excluding carboxylic acids is 1. The monoisotopic (exact) mass is 378 g/mol. The van der Waals surface area contributed by atoms with Crippen LogP contribution in [0.3, 0.4) is 0 Å². The lowest BCUT2D eigenvalue weighted by Gasteiger charge is -2.42. The van der Waals surface area contributed by atoms with Crippen molar-refractivity contribution in [2.24, 2.45) is 0 Å². The van der Waals surface area contributed by atoms with E-state index < -0.39 is 5.97 Å². The third kappa shape index (κ3) is 5.23. The molecule has 1 atom stereocenters. The molecule has 8 nitrogen and oxygen atoms in total. The van der Waals surface area contributed by atoms with Gasteiger partial charge in [-0.15, -0.1) is 0 Å². The van der Waals surface area contributed by atoms with Crippen LogP contribution in [0, 0.1) is 0 Å². The van der Waals surface area contributed by atoms with Gasteiger partial charge >= 0.3 is 12.0 Å². The van der Waals surface area contributed by atoms with Crippen molar-refractivity contribution in [2.75, 3.05) is 32.7 Å². The molecular formula is C19H30N4O4. The van der Waals surface area contributed by atoms with Gasteiger partial charge in [0.05, 0.1) is 18.8 Å². The number of hydrogen-bond acceptors (Lipinski definition) is 5. The molecule has 0 spiro atoms. The standard InChI is InChI=1S/C19H30N4O4/c1-2-22(13-18(24)25)15-10-14(11-15)21-19(26)20-12-16(17-6-5-9-27-17)23-7-3-4-8-23/h5-6,9,14-16H,2-4,7-8,10-13H2,1H3,(H,24,25)(H2,20,21,26). The highest BCUT2D eigenvalue weighted by molar-refractivity contribution is 5.74. The van der Waals surface area contributed by atoms with Gasteiger partial charge in [-0.1, -0.05) is 6.92 Å². The molecule has 1 unspecified atom stereocenters. The van der Waals surface area contributed by atoms with Gasteiger partial charge in [0.15, 0.2) is 0 Å². The van der Waals surface area contributed by atoms with Crippen LogP contribution in [0.2, 0.25) is 0 Å². The summed E-state index contributed by atoms with van der Waals surface area (Å²) in [4.78, 5) is 27.5. The van der Waals surface area contributed by atoms with Gasteiger partial charge in [-0.2, -0.15) is 0 Å². The van der Waals surface area contributed by atoms with Gasteiger partial charge in [0.1, 0.15) is 5.76 Å². The number of nitrogens with one attached hydrogen (secondary N) is 2. The van der Waals surface area contributed by atoms with E-state index in [1.807, 2.05) is 24.0 Å². The van der Waals surface area contributed by atoms with Gasteiger partial charge in [0, 0.05) is 18.6 Å². The number of likely N-dealkylation sites (N-methyl/N-ethyl adjacent to an activating group) is 1. The molecule has 0 aromatic carbocycles. The summed E-state index contributed by atoms with van der Waals surface area (Å²) in [5.74, 6) is 0.0741. The maximum Gasteiger partial charge on any atom is 0.317 e. The SMILES string of the molecule is CCN(CC(=O)O)C1CC(NC(=O)NCC(c2ccco2)N2CCCC2)C1. The predicted molar refractivity (Wildman–Crippen MR) is 100 cm³/mol. The predicted octanol–water partition coefficient (Wildman–Crippen LogP) is 1.65. The molecule has 2 fully saturated rings. The van der Waals surface area contributed by atoms with Gasteiger partial charge in [-0.3, -0.25) is 14.6 Å². The second-order valence-corrected chi connectivity index (χ2v) is 7.41. The molecule has 2 heterocycles. The Morgan fingerprint density at radius 3 is 2.70 bits per heavy atom. The van der Waals surface area contributed by atoms with E-state index in [-0.39, 0.29) is 30.7 Å². The second-order valence-electron chi connectivity index (χ2n) is 7.41. The molecule has 27 heavy (non-hydrogen) atoms. The fourth-order valence-electron chi connectivity index (χ4n) is 4.05. The number of urea groups is 1. The number of rotatable bonds is 9. The number of hydrogen-bond donors (Lipinski definition) is 3. The molecule has 150 valence electrons. The van der Waals surface area contributed by atoms with Crippen LogP contribution in [0.15, 0.2) is 22.8 Å². The summed E-state index contributed by atoms with van der Waals surface area (Å²) < 4.78 is 5.57. The van der Waals surface area contributed by atoms with E-state index in [4.69, 9.17) is 9.52 Å². The van der Waals surface area contributed by atoms with Crippen molar-refractivity contribution in [3.8, 4) is 0 Å². The lowest BCUT2D eigenvalue weighted by Crippen LogP contribution is -2.56. The molecule has 1 saturated carbocycles. The number of amides is 2. The van der Waals surface area contributed by atoms with Crippen molar-refractivity contribution in [3.63, 3.8) is 0 Å². The lowest BCUT2D eigenvalue weighted by atomic mass is 9.85. The molecule has 1 aromatic rings. The minimum absolute atomic E-state index is 0.0563. The Morgan fingerprint density at radius 1 is 1.37 bits per heavy atom. The quantitative estimate of drug-likeness (QED) is 0.604. The highest BCUT2D eigenvalue weighted by Gasteiger charge is 2.35. The second kappa shape index (κ2) is 9.23. The first-order valence-corrected chi connectivity index (χ1v) is 9.84. The Morgan fingerprint density at radius 2 is 2.11 bits per heavy atom. The maximum atomic E-state index is 12.3. The van der Waals surface area contributed by atoms with Gasteiger partial charge in [0.2, 0.25) is 0 Å². The van der Waals surface area contributed by atoms with Crippen LogP contribution >= 0.6 is 0 Å². The van der Waals surface area contributed by atoms with Crippen LogP contribution in [0.5, 0.6) is 0 Å². The molecule has 0 radical (unpaired) electrons. The van der Waals surface area contributed by atoms with Crippen molar-refractivity contribution >= 4 is 12.0 Å². The topological polar surface area (TPSA) is 98.1 Å². The van der Waals surface area contributed by atoms with Crippen molar-refractivity contribution in [2.45, 2.75) is 50.7 Å². The van der Waals surface area contributed by atoms with E-state index in [0.29, 0.717) is 13.1 Å². The number of nitrogens with zero attached hydrogens (tertiary/aromatic N) is 2. The molecule has 1 aliphatic carbocycles. The number of likely N-dealkylation sites (tertiary alicyclic amines) is 1. The largest absolute Gasteiger partial charge is 0.480 e. The van der Waals surface area contributed by atoms with Gasteiger partial charge in [0.25, 0.3) is 0 Å². The Labute approximate surface area is 159 Å². The number of furan rings is 1. The van der Waals surface area contributed by atoms with Crippen LogP contribution in [0.25, 0.3) is 0 Å². The van der Waals surface area contributed by atoms with Gasteiger partial charge in [-0.25, -0.2) is 4.79 Å². The number of carboxylic acid groups (broad SMARTS) is 1. The Hall–Kier alpha value is -2.06. The third-order valence-electron chi connectivity index (χ3n) is 5.62. The smallest absolute Gasteiger partial charge is 0.317 e. The molecular weight excluding hydrogens is 348 g/mol. The van der Waals surface area contributed by atoms with Crippen molar-refractivity contribution < 1.29 is 19.1 Å². The molecule has 1 saturated heterocycles. The normalized spacial score (nSPS) is 23.8. The summed E-state index contributed by atoms with van der Waals surface area (Å²) in [6.07, 6.45) is 5.61. The lowest BCUT2D eigenvalue weighted by molar-refractivity contribution is -0.139. The fourth-order valence-corrected chi connectivity index (χ4v) is 4.05. The summed E-state index contributed by atoms with van der Waals surface area (Å²) >= 11 is 0. The Balaban J connectivity index is 1.42. The maximum absolute atomic E-state index is 12.3. The first-order chi connectivity index (χ1) is 13.1. The van der Waals surface area contributed by atoms with E-state index in [9.17, 15) is 9.59 Å². The van der Waals surface area contributed by atoms with Crippen LogP contribution in [0.1, 0.15) is 44.4 Å². The summed E-state index contributed by atoms with van der Waals surface area (Å²) in [5.41, 5.74) is 0. The molecule has 2 amide bonds. The van der Waals surface area contributed by atoms with Crippen LogP contribution in [-0.2, 0) is 4.79 Å². The molecule has 1 aromatic heterocycles. The molecule has 8 heteroatoms. The number of aliphatic carboxylic acids is 1. The number of carboxylic acids is 1. The van der Waals surface area contributed by atoms with Crippen molar-refractivity contribution in [1.29, 1.82) is 0 Å². The zero-order valence-corrected chi connectivity index (χ0v) is 15.9. The zero-order chi connectivity index (χ0) is 19.2.